The summed E-state index contributed by atoms with van der Waals surface area (Å²) < 4.78 is 12.4. The molecule has 1 aromatic carbocycles. The van der Waals surface area contributed by atoms with Gasteiger partial charge in [0.05, 0.1) is 0 Å². The average Bonchev–Trinajstić information content (AvgIpc) is 3.15. The Kier molecular flexibility index (Phi) is 5.22. The Bertz CT molecular complexity index is 1170. The number of nitrogens with one attached hydrogen (secondary N) is 1. The van der Waals surface area contributed by atoms with Gasteiger partial charge >= 0.3 is 11.8 Å². The Morgan fingerprint density at radius 2 is 1.79 bits per heavy atom. The number of rotatable bonds is 5. The highest BCUT2D eigenvalue weighted by molar-refractivity contribution is 6.05. The van der Waals surface area contributed by atoms with Crippen molar-refractivity contribution in [2.75, 3.05) is 5.32 Å². The van der Waals surface area contributed by atoms with Crippen molar-refractivity contribution in [3.63, 3.8) is 0 Å². The van der Waals surface area contributed by atoms with E-state index in [9.17, 15) is 19.5 Å². The number of carbonyl (C=O) groups is 1. The molecule has 2 N–H and O–H groups in total. The van der Waals surface area contributed by atoms with Crippen LogP contribution in [0.3, 0.4) is 0 Å². The predicted octanol–water partition coefficient (Wildman–Crippen LogP) is 1.34. The fourth-order valence-electron chi connectivity index (χ4n) is 2.43. The molecule has 3 aromatic rings. The quantitative estimate of drug-likeness (QED) is 0.652. The van der Waals surface area contributed by atoms with Crippen molar-refractivity contribution in [3.05, 3.63) is 56.6 Å². The van der Waals surface area contributed by atoms with Crippen molar-refractivity contribution in [3.8, 4) is 17.7 Å². The monoisotopic (exact) mass is 401 g/mol. The van der Waals surface area contributed by atoms with Crippen LogP contribution in [-0.4, -0.2) is 30.3 Å². The van der Waals surface area contributed by atoms with Gasteiger partial charge in [0, 0.05) is 25.7 Å². The minimum absolute atomic E-state index is 0.0101. The molecule has 0 spiro atoms. The molecular weight excluding hydrogens is 382 g/mol. The third-order valence-corrected chi connectivity index (χ3v) is 4.09. The highest BCUT2D eigenvalue weighted by Gasteiger charge is 2.22. The van der Waals surface area contributed by atoms with Crippen LogP contribution in [0.4, 0.5) is 5.69 Å². The van der Waals surface area contributed by atoms with E-state index in [1.165, 1.54) is 26.2 Å². The SMILES string of the molecule is CC(C)c1nnc(Oc2ccc(NC(=O)c3c(O)n(C)c(=O)n(C)c3=O)cc2)o1. The lowest BCUT2D eigenvalue weighted by atomic mass is 10.2. The summed E-state index contributed by atoms with van der Waals surface area (Å²) in [6, 6.07) is 6.15. The van der Waals surface area contributed by atoms with Gasteiger partial charge in [-0.1, -0.05) is 18.9 Å². The van der Waals surface area contributed by atoms with Crippen LogP contribution >= 0.6 is 0 Å². The topological polar surface area (TPSA) is 141 Å². The maximum atomic E-state index is 12.4. The van der Waals surface area contributed by atoms with E-state index in [-0.39, 0.29) is 12.0 Å². The molecule has 0 aliphatic carbocycles. The van der Waals surface area contributed by atoms with Gasteiger partial charge in [-0.15, -0.1) is 5.10 Å². The van der Waals surface area contributed by atoms with E-state index in [0.29, 0.717) is 17.3 Å². The van der Waals surface area contributed by atoms with E-state index >= 15 is 0 Å². The van der Waals surface area contributed by atoms with Crippen molar-refractivity contribution in [2.45, 2.75) is 19.8 Å². The minimum Gasteiger partial charge on any atom is -0.494 e. The van der Waals surface area contributed by atoms with Gasteiger partial charge in [0.15, 0.2) is 5.56 Å². The van der Waals surface area contributed by atoms with E-state index in [4.69, 9.17) is 9.15 Å². The number of ether oxygens (including phenoxy) is 1. The van der Waals surface area contributed by atoms with Gasteiger partial charge in [0.2, 0.25) is 11.8 Å². The molecule has 0 aliphatic rings. The first-order valence-corrected chi connectivity index (χ1v) is 8.60. The molecule has 11 nitrogen and oxygen atoms in total. The summed E-state index contributed by atoms with van der Waals surface area (Å²) in [5.74, 6) is -0.664. The van der Waals surface area contributed by atoms with Crippen LogP contribution in [0, 0.1) is 0 Å². The fraction of sp³-hybridized carbons (Fsp3) is 0.278. The molecule has 0 saturated carbocycles. The molecule has 3 rings (SSSR count). The van der Waals surface area contributed by atoms with E-state index in [1.54, 1.807) is 12.1 Å². The van der Waals surface area contributed by atoms with Crippen LogP contribution < -0.4 is 21.3 Å². The third-order valence-electron chi connectivity index (χ3n) is 4.09. The van der Waals surface area contributed by atoms with Gasteiger partial charge in [-0.05, 0) is 24.3 Å². The second kappa shape index (κ2) is 7.62. The van der Waals surface area contributed by atoms with Crippen LogP contribution in [0.1, 0.15) is 36.0 Å². The van der Waals surface area contributed by atoms with Gasteiger partial charge in [-0.25, -0.2) is 4.79 Å². The number of benzene rings is 1. The Morgan fingerprint density at radius 3 is 2.38 bits per heavy atom. The number of carbonyl (C=O) groups excluding carboxylic acids is 1. The van der Waals surface area contributed by atoms with E-state index < -0.39 is 28.6 Å². The standard InChI is InChI=1S/C18H19N5O6/c1-9(2)14-20-21-17(29-14)28-11-7-5-10(6-8-11)19-13(24)12-15(25)22(3)18(27)23(4)16(12)26/h5-9,25H,1-4H3,(H,19,24). The molecule has 1 amide bonds. The molecule has 2 aromatic heterocycles. The molecule has 152 valence electrons. The van der Waals surface area contributed by atoms with Gasteiger partial charge in [-0.3, -0.25) is 18.7 Å². The highest BCUT2D eigenvalue weighted by atomic mass is 16.6. The smallest absolute Gasteiger partial charge is 0.420 e. The first kappa shape index (κ1) is 19.9. The number of hydrogen-bond donors (Lipinski definition) is 2. The minimum atomic E-state index is -0.902. The Labute approximate surface area is 164 Å². The number of hydrogen-bond acceptors (Lipinski definition) is 8. The summed E-state index contributed by atoms with van der Waals surface area (Å²) in [4.78, 5) is 36.4. The highest BCUT2D eigenvalue weighted by Crippen LogP contribution is 2.24. The summed E-state index contributed by atoms with van der Waals surface area (Å²) in [5.41, 5.74) is -1.85. The molecule has 11 heteroatoms. The predicted molar refractivity (Wildman–Crippen MR) is 101 cm³/mol. The van der Waals surface area contributed by atoms with Crippen molar-refractivity contribution in [2.24, 2.45) is 14.1 Å². The molecule has 0 saturated heterocycles. The molecule has 0 atom stereocenters. The summed E-state index contributed by atoms with van der Waals surface area (Å²) in [7, 11) is 2.47. The molecule has 0 unspecified atom stereocenters. The zero-order valence-electron chi connectivity index (χ0n) is 16.2. The van der Waals surface area contributed by atoms with E-state index in [2.05, 4.69) is 15.5 Å². The van der Waals surface area contributed by atoms with Crippen LogP contribution in [0.25, 0.3) is 0 Å². The van der Waals surface area contributed by atoms with Gasteiger partial charge in [0.25, 0.3) is 11.5 Å². The van der Waals surface area contributed by atoms with E-state index in [1.807, 2.05) is 13.8 Å². The largest absolute Gasteiger partial charge is 0.494 e. The molecule has 0 fully saturated rings. The maximum Gasteiger partial charge on any atom is 0.420 e. The second-order valence-corrected chi connectivity index (χ2v) is 6.55. The van der Waals surface area contributed by atoms with Gasteiger partial charge in [-0.2, -0.15) is 0 Å². The molecule has 0 radical (unpaired) electrons. The van der Waals surface area contributed by atoms with Crippen molar-refractivity contribution < 1.29 is 19.1 Å². The maximum absolute atomic E-state index is 12.4. The Hall–Kier alpha value is -3.89. The molecule has 0 bridgehead atoms. The lowest BCUT2D eigenvalue weighted by molar-refractivity contribution is 0.102. The molecule has 2 heterocycles. The normalized spacial score (nSPS) is 10.9. The number of aromatic nitrogens is 4. The lowest BCUT2D eigenvalue weighted by Crippen LogP contribution is -2.40. The van der Waals surface area contributed by atoms with Crippen molar-refractivity contribution >= 4 is 11.6 Å². The number of anilines is 1. The number of amides is 1. The molecule has 0 aliphatic heterocycles. The van der Waals surface area contributed by atoms with Crippen molar-refractivity contribution in [1.82, 2.24) is 19.3 Å². The zero-order chi connectivity index (χ0) is 21.3. The molecular formula is C18H19N5O6. The first-order chi connectivity index (χ1) is 13.7. The van der Waals surface area contributed by atoms with Gasteiger partial charge in [0.1, 0.15) is 5.75 Å². The summed E-state index contributed by atoms with van der Waals surface area (Å²) in [6.45, 7) is 3.81. The second-order valence-electron chi connectivity index (χ2n) is 6.55. The van der Waals surface area contributed by atoms with Crippen LogP contribution in [0.5, 0.6) is 17.7 Å². The third kappa shape index (κ3) is 3.88. The average molecular weight is 401 g/mol. The number of aromatic hydroxyl groups is 1. The van der Waals surface area contributed by atoms with E-state index in [0.717, 1.165) is 9.13 Å². The van der Waals surface area contributed by atoms with Crippen LogP contribution in [0.15, 0.2) is 38.3 Å². The Morgan fingerprint density at radius 1 is 1.14 bits per heavy atom. The first-order valence-electron chi connectivity index (χ1n) is 8.60. The zero-order valence-corrected chi connectivity index (χ0v) is 16.2. The summed E-state index contributed by atoms with van der Waals surface area (Å²) in [5, 5.41) is 20.2. The summed E-state index contributed by atoms with van der Waals surface area (Å²) in [6.07, 6.45) is -0.0101. The van der Waals surface area contributed by atoms with Gasteiger partial charge < -0.3 is 19.6 Å². The lowest BCUT2D eigenvalue weighted by Gasteiger charge is -2.11. The van der Waals surface area contributed by atoms with Crippen molar-refractivity contribution in [1.29, 1.82) is 0 Å². The van der Waals surface area contributed by atoms with Crippen LogP contribution in [0.2, 0.25) is 0 Å². The fourth-order valence-corrected chi connectivity index (χ4v) is 2.43. The Balaban J connectivity index is 1.77. The summed E-state index contributed by atoms with van der Waals surface area (Å²) >= 11 is 0. The number of nitrogens with zero attached hydrogens (tertiary/aromatic N) is 4. The van der Waals surface area contributed by atoms with Crippen LogP contribution in [-0.2, 0) is 14.1 Å². The molecule has 29 heavy (non-hydrogen) atoms.